The van der Waals surface area contributed by atoms with Crippen molar-refractivity contribution in [2.45, 2.75) is 38.1 Å². The van der Waals surface area contributed by atoms with Gasteiger partial charge in [0, 0.05) is 6.04 Å². The predicted octanol–water partition coefficient (Wildman–Crippen LogP) is 0.521. The van der Waals surface area contributed by atoms with Gasteiger partial charge in [-0.1, -0.05) is 12.8 Å². The van der Waals surface area contributed by atoms with Crippen molar-refractivity contribution in [3.8, 4) is 0 Å². The third kappa shape index (κ3) is 5.23. The van der Waals surface area contributed by atoms with Crippen LogP contribution in [0.1, 0.15) is 32.1 Å². The van der Waals surface area contributed by atoms with Crippen molar-refractivity contribution in [2.75, 3.05) is 12.3 Å². The largest absolute Gasteiger partial charge is 0.314 e. The Bertz CT molecular complexity index is 233. The van der Waals surface area contributed by atoms with E-state index >= 15 is 0 Å². The summed E-state index contributed by atoms with van der Waals surface area (Å²) >= 11 is 0. The first-order valence-corrected chi connectivity index (χ1v) is 6.44. The lowest BCUT2D eigenvalue weighted by Crippen LogP contribution is -2.28. The zero-order chi connectivity index (χ0) is 9.73. The van der Waals surface area contributed by atoms with Crippen LogP contribution in [0.2, 0.25) is 0 Å². The van der Waals surface area contributed by atoms with Gasteiger partial charge in [0.25, 0.3) is 0 Å². The van der Waals surface area contributed by atoms with E-state index in [0.29, 0.717) is 12.5 Å². The summed E-state index contributed by atoms with van der Waals surface area (Å²) in [4.78, 5) is 0. The topological polar surface area (TPSA) is 70.0 Å². The van der Waals surface area contributed by atoms with Gasteiger partial charge in [0.15, 0.2) is 0 Å². The Morgan fingerprint density at radius 2 is 1.92 bits per heavy atom. The zero-order valence-corrected chi connectivity index (χ0v) is 8.57. The summed E-state index contributed by atoms with van der Waals surface area (Å²) in [6.07, 6.45) is 5.56. The van der Waals surface area contributed by atoms with Gasteiger partial charge in [-0.15, -0.1) is 5.14 Å². The molecule has 0 spiro atoms. The van der Waals surface area contributed by atoms with Crippen LogP contribution in [-0.2, 0) is 10.0 Å². The van der Waals surface area contributed by atoms with Crippen LogP contribution in [0.3, 0.4) is 0 Å². The molecule has 4 nitrogen and oxygen atoms in total. The van der Waals surface area contributed by atoms with Crippen molar-refractivity contribution in [1.29, 1.82) is 0 Å². The van der Waals surface area contributed by atoms with Crippen LogP contribution in [0.15, 0.2) is 0 Å². The first-order chi connectivity index (χ1) is 6.08. The van der Waals surface area contributed by atoms with Crippen molar-refractivity contribution < 1.29 is 8.42 Å². The smallest absolute Gasteiger partial charge is 0.225 e. The van der Waals surface area contributed by atoms with E-state index in [2.05, 4.69) is 5.32 Å². The summed E-state index contributed by atoms with van der Waals surface area (Å²) in [7, 11) is -3.51. The summed E-state index contributed by atoms with van der Waals surface area (Å²) < 4.78 is 20.9. The maximum absolute atomic E-state index is 10.5. The minimum absolute atomic E-state index is 0.0211. The van der Waals surface area contributed by atoms with Crippen molar-refractivity contribution >= 4 is 10.0 Å². The maximum Gasteiger partial charge on any atom is 0.225 e. The molecule has 2 N–H and O–H groups in total. The molecule has 0 aromatic heterocycles. The molecule has 1 fully saturated rings. The Balaban J connectivity index is 2.01. The lowest BCUT2D eigenvalue weighted by molar-refractivity contribution is 0.520. The van der Waals surface area contributed by atoms with Gasteiger partial charge >= 0.3 is 0 Å². The van der Waals surface area contributed by atoms with Gasteiger partial charge in [0.05, 0.1) is 5.75 Å². The number of hydrogen-bond donors (Lipinski definition) is 1. The molecule has 0 unspecified atom stereocenters. The third-order valence-corrected chi connectivity index (χ3v) is 3.20. The number of sulfonamides is 1. The fraction of sp³-hybridized carbons (Fsp3) is 1.00. The Morgan fingerprint density at radius 1 is 1.31 bits per heavy atom. The van der Waals surface area contributed by atoms with Gasteiger partial charge in [-0.2, -0.15) is 0 Å². The van der Waals surface area contributed by atoms with Crippen LogP contribution in [0, 0.1) is 0 Å². The molecule has 1 rings (SSSR count). The van der Waals surface area contributed by atoms with E-state index < -0.39 is 10.0 Å². The molecule has 0 atom stereocenters. The van der Waals surface area contributed by atoms with E-state index in [1.807, 2.05) is 0 Å². The molecule has 1 radical (unpaired) electrons. The van der Waals surface area contributed by atoms with Crippen molar-refractivity contribution in [3.63, 3.8) is 0 Å². The van der Waals surface area contributed by atoms with Crippen LogP contribution >= 0.6 is 0 Å². The highest BCUT2D eigenvalue weighted by Gasteiger charge is 2.13. The Labute approximate surface area is 79.9 Å². The highest BCUT2D eigenvalue weighted by Crippen LogP contribution is 2.17. The van der Waals surface area contributed by atoms with Crippen LogP contribution in [-0.4, -0.2) is 26.8 Å². The molecule has 0 amide bonds. The van der Waals surface area contributed by atoms with E-state index in [1.54, 1.807) is 0 Å². The summed E-state index contributed by atoms with van der Waals surface area (Å²) in [5.41, 5.74) is 0. The Kier molecular flexibility index (Phi) is 4.15. The minimum atomic E-state index is -3.51. The summed E-state index contributed by atoms with van der Waals surface area (Å²) in [5, 5.41) is 9.97. The second-order valence-electron chi connectivity index (χ2n) is 3.61. The van der Waals surface area contributed by atoms with Gasteiger partial charge in [0.2, 0.25) is 10.0 Å². The van der Waals surface area contributed by atoms with Crippen LogP contribution < -0.4 is 10.5 Å². The van der Waals surface area contributed by atoms with Gasteiger partial charge in [0.1, 0.15) is 0 Å². The molecular formula is C8H17N2O2S. The van der Waals surface area contributed by atoms with Crippen LogP contribution in [0.4, 0.5) is 0 Å². The van der Waals surface area contributed by atoms with Crippen molar-refractivity contribution in [3.05, 3.63) is 0 Å². The standard InChI is InChI=1S/C8H17N2O2S/c9-13(11,12)7-3-6-10-8-4-1-2-5-8/h8-10H,1-7H2. The van der Waals surface area contributed by atoms with Gasteiger partial charge in [-0.25, -0.2) is 8.42 Å². The van der Waals surface area contributed by atoms with E-state index in [0.717, 1.165) is 6.54 Å². The van der Waals surface area contributed by atoms with E-state index in [4.69, 9.17) is 5.14 Å². The number of hydrogen-bond acceptors (Lipinski definition) is 3. The molecule has 13 heavy (non-hydrogen) atoms. The molecule has 5 heteroatoms. The molecular weight excluding hydrogens is 188 g/mol. The van der Waals surface area contributed by atoms with Gasteiger partial charge in [-0.3, -0.25) is 0 Å². The van der Waals surface area contributed by atoms with Crippen molar-refractivity contribution in [1.82, 2.24) is 10.5 Å². The Hall–Kier alpha value is -0.130. The lowest BCUT2D eigenvalue weighted by Gasteiger charge is -2.10. The highest BCUT2D eigenvalue weighted by molar-refractivity contribution is 7.88. The molecule has 0 heterocycles. The van der Waals surface area contributed by atoms with E-state index in [-0.39, 0.29) is 5.75 Å². The van der Waals surface area contributed by atoms with E-state index in [1.165, 1.54) is 25.7 Å². The molecule has 1 saturated carbocycles. The Morgan fingerprint density at radius 3 is 2.46 bits per heavy atom. The van der Waals surface area contributed by atoms with Crippen molar-refractivity contribution in [2.24, 2.45) is 0 Å². The SMILES string of the molecule is [NH]S(=O)(=O)CCCNC1CCCC1. The summed E-state index contributed by atoms with van der Waals surface area (Å²) in [6.45, 7) is 0.725. The minimum Gasteiger partial charge on any atom is -0.314 e. The summed E-state index contributed by atoms with van der Waals surface area (Å²) in [6, 6.07) is 0.591. The normalized spacial score (nSPS) is 19.5. The zero-order valence-electron chi connectivity index (χ0n) is 7.75. The quantitative estimate of drug-likeness (QED) is 0.665. The average molecular weight is 205 g/mol. The molecule has 1 aliphatic rings. The fourth-order valence-electron chi connectivity index (χ4n) is 1.70. The second-order valence-corrected chi connectivity index (χ2v) is 5.25. The third-order valence-electron chi connectivity index (χ3n) is 2.38. The molecule has 0 aromatic carbocycles. The highest BCUT2D eigenvalue weighted by atomic mass is 32.2. The molecule has 0 bridgehead atoms. The lowest BCUT2D eigenvalue weighted by atomic mass is 10.2. The second kappa shape index (κ2) is 4.93. The summed E-state index contributed by atoms with van der Waals surface area (Å²) in [5.74, 6) is -0.0211. The number of nitrogens with one attached hydrogen (secondary N) is 2. The van der Waals surface area contributed by atoms with Gasteiger partial charge < -0.3 is 5.32 Å². The first kappa shape index (κ1) is 10.9. The molecule has 77 valence electrons. The van der Waals surface area contributed by atoms with Crippen LogP contribution in [0.25, 0.3) is 0 Å². The van der Waals surface area contributed by atoms with Gasteiger partial charge in [-0.05, 0) is 25.8 Å². The van der Waals surface area contributed by atoms with Crippen LogP contribution in [0.5, 0.6) is 0 Å². The monoisotopic (exact) mass is 205 g/mol. The fourth-order valence-corrected chi connectivity index (χ4v) is 2.22. The van der Waals surface area contributed by atoms with E-state index in [9.17, 15) is 8.42 Å². The first-order valence-electron chi connectivity index (χ1n) is 4.78. The maximum atomic E-state index is 10.5. The molecule has 0 saturated heterocycles. The number of rotatable bonds is 5. The average Bonchev–Trinajstić information content (AvgIpc) is 2.48. The predicted molar refractivity (Wildman–Crippen MR) is 51.8 cm³/mol. The molecule has 0 aromatic rings. The molecule has 0 aliphatic heterocycles. The molecule has 1 aliphatic carbocycles.